The zero-order valence-corrected chi connectivity index (χ0v) is 9.53. The molecule has 0 aliphatic heterocycles. The van der Waals surface area contributed by atoms with Gasteiger partial charge in [0.05, 0.1) is 12.9 Å². The van der Waals surface area contributed by atoms with Gasteiger partial charge in [-0.1, -0.05) is 6.58 Å². The van der Waals surface area contributed by atoms with Crippen molar-refractivity contribution in [3.05, 3.63) is 31.0 Å². The highest BCUT2D eigenvalue weighted by Gasteiger charge is 2.17. The number of benzene rings is 1. The molecule has 1 rings (SSSR count). The first kappa shape index (κ1) is 12.5. The lowest BCUT2D eigenvalue weighted by Crippen LogP contribution is -2.03. The summed E-state index contributed by atoms with van der Waals surface area (Å²) in [6.45, 7) is 5.35. The molecule has 0 bridgehead atoms. The van der Waals surface area contributed by atoms with Crippen molar-refractivity contribution in [2.45, 2.75) is 11.8 Å². The van der Waals surface area contributed by atoms with Crippen LogP contribution in [-0.2, 0) is 10.1 Å². The summed E-state index contributed by atoms with van der Waals surface area (Å²) in [5.74, 6) is 0.340. The van der Waals surface area contributed by atoms with Crippen molar-refractivity contribution in [2.24, 2.45) is 0 Å². The fourth-order valence-electron chi connectivity index (χ4n) is 1.13. The summed E-state index contributed by atoms with van der Waals surface area (Å²) in [6, 6.07) is 4.09. The van der Waals surface area contributed by atoms with Crippen LogP contribution in [0.3, 0.4) is 0 Å². The number of hydrogen-bond donors (Lipinski definition) is 1. The average Bonchev–Trinajstić information content (AvgIpc) is 2.19. The molecule has 0 aromatic heterocycles. The Morgan fingerprint density at radius 3 is 2.69 bits per heavy atom. The van der Waals surface area contributed by atoms with Gasteiger partial charge in [-0.05, 0) is 19.1 Å². The third-order valence-electron chi connectivity index (χ3n) is 1.71. The lowest BCUT2D eigenvalue weighted by atomic mass is 10.3. The minimum atomic E-state index is -4.34. The second-order valence-electron chi connectivity index (χ2n) is 2.80. The first-order valence-corrected chi connectivity index (χ1v) is 5.95. The first-order valence-electron chi connectivity index (χ1n) is 4.51. The minimum absolute atomic E-state index is 0.0846. The quantitative estimate of drug-likeness (QED) is 0.632. The molecule has 1 N–H and O–H groups in total. The second kappa shape index (κ2) is 5.00. The molecule has 0 spiro atoms. The number of ether oxygens (including phenoxy) is 2. The summed E-state index contributed by atoms with van der Waals surface area (Å²) in [5, 5.41) is 0. The highest BCUT2D eigenvalue weighted by Crippen LogP contribution is 2.28. The molecule has 0 heterocycles. The van der Waals surface area contributed by atoms with Gasteiger partial charge in [-0.2, -0.15) is 8.42 Å². The van der Waals surface area contributed by atoms with E-state index in [2.05, 4.69) is 6.58 Å². The number of hydrogen-bond acceptors (Lipinski definition) is 4. The van der Waals surface area contributed by atoms with Crippen LogP contribution in [0.15, 0.2) is 35.9 Å². The van der Waals surface area contributed by atoms with E-state index in [1.165, 1.54) is 18.2 Å². The van der Waals surface area contributed by atoms with Crippen molar-refractivity contribution >= 4 is 10.1 Å². The Balaban J connectivity index is 3.26. The van der Waals surface area contributed by atoms with Crippen LogP contribution in [0.25, 0.3) is 0 Å². The molecule has 6 heteroatoms. The standard InChI is InChI=1S/C10H12O5S/c1-3-14-8-5-6-9(15-4-2)10(7-8)16(11,12)13/h3,5-7H,1,4H2,2H3,(H,11,12,13). The molecule has 0 atom stereocenters. The van der Waals surface area contributed by atoms with E-state index in [4.69, 9.17) is 14.0 Å². The van der Waals surface area contributed by atoms with E-state index in [0.29, 0.717) is 6.61 Å². The van der Waals surface area contributed by atoms with E-state index in [0.717, 1.165) is 6.26 Å². The maximum absolute atomic E-state index is 11.1. The van der Waals surface area contributed by atoms with Gasteiger partial charge >= 0.3 is 0 Å². The molecular weight excluding hydrogens is 232 g/mol. The van der Waals surface area contributed by atoms with Gasteiger partial charge in [0.2, 0.25) is 0 Å². The van der Waals surface area contributed by atoms with Crippen molar-refractivity contribution in [1.82, 2.24) is 0 Å². The molecule has 0 aliphatic carbocycles. The van der Waals surface area contributed by atoms with E-state index in [-0.39, 0.29) is 16.4 Å². The van der Waals surface area contributed by atoms with Crippen molar-refractivity contribution in [3.63, 3.8) is 0 Å². The lowest BCUT2D eigenvalue weighted by Gasteiger charge is -2.09. The van der Waals surface area contributed by atoms with Crippen LogP contribution in [-0.4, -0.2) is 19.6 Å². The maximum Gasteiger partial charge on any atom is 0.298 e. The second-order valence-corrected chi connectivity index (χ2v) is 4.19. The fourth-order valence-corrected chi connectivity index (χ4v) is 1.78. The predicted molar refractivity (Wildman–Crippen MR) is 58.3 cm³/mol. The summed E-state index contributed by atoms with van der Waals surface area (Å²) in [6.07, 6.45) is 1.16. The molecule has 0 amide bonds. The molecule has 0 radical (unpaired) electrons. The molecule has 1 aromatic rings. The summed E-state index contributed by atoms with van der Waals surface area (Å²) < 4.78 is 41.1. The topological polar surface area (TPSA) is 72.8 Å². The molecule has 0 fully saturated rings. The van der Waals surface area contributed by atoms with Gasteiger partial charge in [0, 0.05) is 6.07 Å². The van der Waals surface area contributed by atoms with Crippen LogP contribution in [0.1, 0.15) is 6.92 Å². The first-order chi connectivity index (χ1) is 7.49. The summed E-state index contributed by atoms with van der Waals surface area (Å²) in [7, 11) is -4.34. The fraction of sp³-hybridized carbons (Fsp3) is 0.200. The third kappa shape index (κ3) is 2.98. The normalized spacial score (nSPS) is 10.9. The molecule has 5 nitrogen and oxygen atoms in total. The van der Waals surface area contributed by atoms with Crippen LogP contribution in [0.5, 0.6) is 11.5 Å². The van der Waals surface area contributed by atoms with Gasteiger partial charge < -0.3 is 9.47 Å². The monoisotopic (exact) mass is 244 g/mol. The van der Waals surface area contributed by atoms with Crippen molar-refractivity contribution in [1.29, 1.82) is 0 Å². The van der Waals surface area contributed by atoms with Crippen molar-refractivity contribution in [2.75, 3.05) is 6.61 Å². The van der Waals surface area contributed by atoms with E-state index < -0.39 is 10.1 Å². The smallest absolute Gasteiger partial charge is 0.298 e. The molecule has 1 aromatic carbocycles. The Morgan fingerprint density at radius 1 is 1.50 bits per heavy atom. The van der Waals surface area contributed by atoms with Gasteiger partial charge in [-0.3, -0.25) is 4.55 Å². The molecule has 0 saturated heterocycles. The van der Waals surface area contributed by atoms with Crippen molar-refractivity contribution in [3.8, 4) is 11.5 Å². The van der Waals surface area contributed by atoms with Crippen LogP contribution in [0, 0.1) is 0 Å². The Hall–Kier alpha value is -1.53. The van der Waals surface area contributed by atoms with Crippen LogP contribution < -0.4 is 9.47 Å². The summed E-state index contributed by atoms with van der Waals surface area (Å²) in [5.41, 5.74) is 0. The number of rotatable bonds is 5. The minimum Gasteiger partial charge on any atom is -0.492 e. The van der Waals surface area contributed by atoms with Crippen molar-refractivity contribution < 1.29 is 22.4 Å². The Morgan fingerprint density at radius 2 is 2.19 bits per heavy atom. The SMILES string of the molecule is C=COc1ccc(OCC)c(S(=O)(=O)O)c1. The van der Waals surface area contributed by atoms with Crippen LogP contribution in [0.4, 0.5) is 0 Å². The van der Waals surface area contributed by atoms with Gasteiger partial charge in [-0.15, -0.1) is 0 Å². The molecule has 0 saturated carbocycles. The summed E-state index contributed by atoms with van der Waals surface area (Å²) >= 11 is 0. The molecular formula is C10H12O5S. The van der Waals surface area contributed by atoms with Crippen LogP contribution in [0.2, 0.25) is 0 Å². The van der Waals surface area contributed by atoms with E-state index >= 15 is 0 Å². The molecule has 16 heavy (non-hydrogen) atoms. The van der Waals surface area contributed by atoms with Gasteiger partial charge in [0.15, 0.2) is 0 Å². The van der Waals surface area contributed by atoms with Gasteiger partial charge in [0.25, 0.3) is 10.1 Å². The van der Waals surface area contributed by atoms with Gasteiger partial charge in [-0.25, -0.2) is 0 Å². The lowest BCUT2D eigenvalue weighted by molar-refractivity contribution is 0.328. The average molecular weight is 244 g/mol. The Labute approximate surface area is 94.1 Å². The van der Waals surface area contributed by atoms with E-state index in [9.17, 15) is 8.42 Å². The van der Waals surface area contributed by atoms with Gasteiger partial charge in [0.1, 0.15) is 16.4 Å². The largest absolute Gasteiger partial charge is 0.492 e. The molecule has 88 valence electrons. The Bertz CT molecular complexity index is 478. The highest BCUT2D eigenvalue weighted by atomic mass is 32.2. The zero-order chi connectivity index (χ0) is 12.2. The molecule has 0 aliphatic rings. The zero-order valence-electron chi connectivity index (χ0n) is 8.71. The maximum atomic E-state index is 11.1. The summed E-state index contributed by atoms with van der Waals surface area (Å²) in [4.78, 5) is -0.325. The molecule has 0 unspecified atom stereocenters. The van der Waals surface area contributed by atoms with E-state index in [1.54, 1.807) is 6.92 Å². The predicted octanol–water partition coefficient (Wildman–Crippen LogP) is 1.85. The Kier molecular flexibility index (Phi) is 3.92. The van der Waals surface area contributed by atoms with E-state index in [1.807, 2.05) is 0 Å². The third-order valence-corrected chi connectivity index (χ3v) is 2.59. The van der Waals surface area contributed by atoms with Crippen LogP contribution >= 0.6 is 0 Å². The highest BCUT2D eigenvalue weighted by molar-refractivity contribution is 7.86.